The number of carbonyl (C=O) groups excluding carboxylic acids is 1. The van der Waals surface area contributed by atoms with Gasteiger partial charge in [-0.05, 0) is 17.2 Å². The summed E-state index contributed by atoms with van der Waals surface area (Å²) in [5, 5.41) is 1.80. The number of rotatable bonds is 6. The van der Waals surface area contributed by atoms with Crippen molar-refractivity contribution in [3.8, 4) is 0 Å². The van der Waals surface area contributed by atoms with E-state index in [1.165, 1.54) is 11.8 Å². The van der Waals surface area contributed by atoms with Gasteiger partial charge in [0.15, 0.2) is 0 Å². The summed E-state index contributed by atoms with van der Waals surface area (Å²) in [4.78, 5) is 23.6. The summed E-state index contributed by atoms with van der Waals surface area (Å²) in [6.45, 7) is 0. The molecule has 4 nitrogen and oxygen atoms in total. The van der Waals surface area contributed by atoms with Crippen molar-refractivity contribution in [2.24, 2.45) is 0 Å². The number of hydrogen-bond donors (Lipinski definition) is 0. The number of fused-ring (bicyclic) bond motifs is 1. The van der Waals surface area contributed by atoms with E-state index in [0.29, 0.717) is 5.75 Å². The van der Waals surface area contributed by atoms with Gasteiger partial charge in [0.1, 0.15) is 11.4 Å². The molecule has 0 radical (unpaired) electrons. The highest BCUT2D eigenvalue weighted by Gasteiger charge is 2.23. The number of hydrogen-bond acceptors (Lipinski definition) is 4. The lowest BCUT2D eigenvalue weighted by Crippen LogP contribution is -2.33. The number of amides is 1. The van der Waals surface area contributed by atoms with Crippen LogP contribution in [0.25, 0.3) is 10.9 Å². The van der Waals surface area contributed by atoms with E-state index in [1.807, 2.05) is 72.6 Å². The lowest BCUT2D eigenvalue weighted by atomic mass is 9.97. The first-order chi connectivity index (χ1) is 14.2. The molecule has 29 heavy (non-hydrogen) atoms. The molecule has 0 bridgehead atoms. The molecule has 0 fully saturated rings. The van der Waals surface area contributed by atoms with E-state index in [9.17, 15) is 4.79 Å². The standard InChI is InChI=1S/C24H21N3OS/c1-27(23(18-10-4-2-5-11-18)19-12-6-3-7-13-19)22(28)16-29-24-20-14-8-9-15-21(20)25-17-26-24/h2-15,17,23H,16H2,1H3. The predicted octanol–water partition coefficient (Wildman–Crippen LogP) is 4.97. The van der Waals surface area contributed by atoms with Crippen LogP contribution >= 0.6 is 11.8 Å². The molecule has 0 N–H and O–H groups in total. The highest BCUT2D eigenvalue weighted by Crippen LogP contribution is 2.29. The van der Waals surface area contributed by atoms with Gasteiger partial charge in [0, 0.05) is 12.4 Å². The van der Waals surface area contributed by atoms with Crippen molar-refractivity contribution in [1.29, 1.82) is 0 Å². The van der Waals surface area contributed by atoms with Crippen LogP contribution in [0.2, 0.25) is 0 Å². The molecule has 3 aromatic carbocycles. The average molecular weight is 400 g/mol. The maximum atomic E-state index is 13.1. The Bertz CT molecular complexity index is 1060. The maximum Gasteiger partial charge on any atom is 0.233 e. The molecule has 0 aliphatic rings. The average Bonchev–Trinajstić information content (AvgIpc) is 2.79. The molecule has 5 heteroatoms. The third-order valence-corrected chi connectivity index (χ3v) is 5.84. The zero-order valence-electron chi connectivity index (χ0n) is 16.1. The number of benzene rings is 3. The molecule has 0 atom stereocenters. The number of thioether (sulfide) groups is 1. The van der Waals surface area contributed by atoms with Crippen molar-refractivity contribution in [2.45, 2.75) is 11.1 Å². The van der Waals surface area contributed by atoms with Crippen LogP contribution < -0.4 is 0 Å². The van der Waals surface area contributed by atoms with E-state index in [1.54, 1.807) is 6.33 Å². The Hall–Kier alpha value is -3.18. The third kappa shape index (κ3) is 4.30. The zero-order valence-corrected chi connectivity index (χ0v) is 16.9. The summed E-state index contributed by atoms with van der Waals surface area (Å²) in [5.41, 5.74) is 3.07. The first kappa shape index (κ1) is 19.2. The summed E-state index contributed by atoms with van der Waals surface area (Å²) < 4.78 is 0. The van der Waals surface area contributed by atoms with Gasteiger partial charge in [-0.3, -0.25) is 4.79 Å². The Labute approximate surface area is 174 Å². The van der Waals surface area contributed by atoms with Crippen LogP contribution in [0.15, 0.2) is 96.3 Å². The quantitative estimate of drug-likeness (QED) is 0.339. The van der Waals surface area contributed by atoms with Gasteiger partial charge in [-0.1, -0.05) is 90.6 Å². The second kappa shape index (κ2) is 8.88. The molecule has 0 saturated heterocycles. The second-order valence-corrected chi connectivity index (χ2v) is 7.68. The summed E-state index contributed by atoms with van der Waals surface area (Å²) in [6.07, 6.45) is 1.55. The van der Waals surface area contributed by atoms with Crippen LogP contribution in [0.5, 0.6) is 0 Å². The van der Waals surface area contributed by atoms with Crippen molar-refractivity contribution >= 4 is 28.6 Å². The van der Waals surface area contributed by atoms with Gasteiger partial charge >= 0.3 is 0 Å². The molecule has 1 amide bonds. The van der Waals surface area contributed by atoms with Crippen molar-refractivity contribution in [3.05, 3.63) is 102 Å². The van der Waals surface area contributed by atoms with E-state index in [-0.39, 0.29) is 11.9 Å². The largest absolute Gasteiger partial charge is 0.334 e. The first-order valence-corrected chi connectivity index (χ1v) is 10.4. The Kier molecular flexibility index (Phi) is 5.86. The maximum absolute atomic E-state index is 13.1. The highest BCUT2D eigenvalue weighted by atomic mass is 32.2. The van der Waals surface area contributed by atoms with E-state index in [4.69, 9.17) is 0 Å². The second-order valence-electron chi connectivity index (χ2n) is 6.71. The van der Waals surface area contributed by atoms with E-state index < -0.39 is 0 Å². The summed E-state index contributed by atoms with van der Waals surface area (Å²) >= 11 is 1.45. The van der Waals surface area contributed by atoms with Crippen LogP contribution in [-0.2, 0) is 4.79 Å². The van der Waals surface area contributed by atoms with Crippen molar-refractivity contribution in [2.75, 3.05) is 12.8 Å². The lowest BCUT2D eigenvalue weighted by molar-refractivity contribution is -0.128. The van der Waals surface area contributed by atoms with Crippen molar-refractivity contribution in [3.63, 3.8) is 0 Å². The van der Waals surface area contributed by atoms with E-state index in [0.717, 1.165) is 27.1 Å². The fraction of sp³-hybridized carbons (Fsp3) is 0.125. The van der Waals surface area contributed by atoms with Gasteiger partial charge in [-0.25, -0.2) is 9.97 Å². The Morgan fingerprint density at radius 1 is 0.862 bits per heavy atom. The van der Waals surface area contributed by atoms with Crippen molar-refractivity contribution in [1.82, 2.24) is 14.9 Å². The molecule has 1 heterocycles. The molecule has 1 aromatic heterocycles. The number of carbonyl (C=O) groups is 1. The Morgan fingerprint density at radius 2 is 1.45 bits per heavy atom. The molecule has 144 valence electrons. The zero-order chi connectivity index (χ0) is 20.1. The summed E-state index contributed by atoms with van der Waals surface area (Å²) in [6, 6.07) is 28.0. The van der Waals surface area contributed by atoms with Gasteiger partial charge in [0.2, 0.25) is 5.91 Å². The molecule has 0 saturated carbocycles. The summed E-state index contributed by atoms with van der Waals surface area (Å²) in [7, 11) is 1.87. The van der Waals surface area contributed by atoms with Gasteiger partial charge in [-0.15, -0.1) is 0 Å². The fourth-order valence-electron chi connectivity index (χ4n) is 3.38. The Balaban J connectivity index is 1.56. The SMILES string of the molecule is CN(C(=O)CSc1ncnc2ccccc12)C(c1ccccc1)c1ccccc1. The number of nitrogens with zero attached hydrogens (tertiary/aromatic N) is 3. The molecule has 0 aliphatic carbocycles. The monoisotopic (exact) mass is 399 g/mol. The van der Waals surface area contributed by atoms with Gasteiger partial charge < -0.3 is 4.90 Å². The van der Waals surface area contributed by atoms with Crippen LogP contribution in [0, 0.1) is 0 Å². The predicted molar refractivity (Wildman–Crippen MR) is 118 cm³/mol. The number of aromatic nitrogens is 2. The molecular formula is C24H21N3OS. The third-order valence-electron chi connectivity index (χ3n) is 4.85. The van der Waals surface area contributed by atoms with Crippen molar-refractivity contribution < 1.29 is 4.79 Å². The molecule has 0 unspecified atom stereocenters. The molecule has 0 aliphatic heterocycles. The van der Waals surface area contributed by atoms with Crippen LogP contribution in [0.4, 0.5) is 0 Å². The molecule has 0 spiro atoms. The van der Waals surface area contributed by atoms with Gasteiger partial charge in [0.05, 0.1) is 17.3 Å². The van der Waals surface area contributed by atoms with E-state index >= 15 is 0 Å². The lowest BCUT2D eigenvalue weighted by Gasteiger charge is -2.29. The highest BCUT2D eigenvalue weighted by molar-refractivity contribution is 8.00. The fourth-order valence-corrected chi connectivity index (χ4v) is 4.29. The number of para-hydroxylation sites is 1. The first-order valence-electron chi connectivity index (χ1n) is 9.42. The van der Waals surface area contributed by atoms with Gasteiger partial charge in [0.25, 0.3) is 0 Å². The minimum Gasteiger partial charge on any atom is -0.334 e. The minimum absolute atomic E-state index is 0.0513. The molecular weight excluding hydrogens is 378 g/mol. The molecule has 4 rings (SSSR count). The normalized spacial score (nSPS) is 11.0. The topological polar surface area (TPSA) is 46.1 Å². The summed E-state index contributed by atoms with van der Waals surface area (Å²) in [5.74, 6) is 0.364. The van der Waals surface area contributed by atoms with Crippen LogP contribution in [0.1, 0.15) is 17.2 Å². The molecule has 4 aromatic rings. The Morgan fingerprint density at radius 3 is 2.10 bits per heavy atom. The smallest absolute Gasteiger partial charge is 0.233 e. The van der Waals surface area contributed by atoms with Crippen LogP contribution in [0.3, 0.4) is 0 Å². The van der Waals surface area contributed by atoms with Crippen LogP contribution in [-0.4, -0.2) is 33.6 Å². The van der Waals surface area contributed by atoms with E-state index in [2.05, 4.69) is 34.2 Å². The minimum atomic E-state index is -0.132. The van der Waals surface area contributed by atoms with Gasteiger partial charge in [-0.2, -0.15) is 0 Å².